The molecule has 0 saturated carbocycles. The fraction of sp³-hybridized carbons (Fsp3) is 0.154. The lowest BCUT2D eigenvalue weighted by atomic mass is 9.78. The summed E-state index contributed by atoms with van der Waals surface area (Å²) >= 11 is 0. The summed E-state index contributed by atoms with van der Waals surface area (Å²) in [7, 11) is 0. The Balaban J connectivity index is 1.07. The van der Waals surface area contributed by atoms with Gasteiger partial charge in [0.05, 0.1) is 0 Å². The van der Waals surface area contributed by atoms with E-state index in [1.54, 1.807) is 0 Å². The van der Waals surface area contributed by atoms with E-state index < -0.39 is 36.2 Å². The average Bonchev–Trinajstić information content (AvgIpc) is 3.45. The third-order valence-electron chi connectivity index (χ3n) is 8.49. The van der Waals surface area contributed by atoms with Crippen molar-refractivity contribution in [2.45, 2.75) is 17.5 Å². The number of hydroxylamine groups is 1. The molecule has 0 spiro atoms. The van der Waals surface area contributed by atoms with Gasteiger partial charge in [0.25, 0.3) is 0 Å². The van der Waals surface area contributed by atoms with Crippen LogP contribution in [0.2, 0.25) is 0 Å². The molecular formula is C39H35N3O6. The van der Waals surface area contributed by atoms with Gasteiger partial charge >= 0.3 is 12.1 Å². The lowest BCUT2D eigenvalue weighted by Crippen LogP contribution is -2.50. The molecule has 48 heavy (non-hydrogen) atoms. The van der Waals surface area contributed by atoms with Crippen LogP contribution < -0.4 is 16.1 Å². The minimum Gasteiger partial charge on any atom is -0.480 e. The Morgan fingerprint density at radius 3 is 1.60 bits per heavy atom. The number of hydrogen-bond donors (Lipinski definition) is 4. The van der Waals surface area contributed by atoms with Crippen molar-refractivity contribution < 1.29 is 29.1 Å². The molecule has 0 heterocycles. The van der Waals surface area contributed by atoms with E-state index in [1.807, 2.05) is 140 Å². The smallest absolute Gasteiger partial charge is 0.407 e. The van der Waals surface area contributed by atoms with Crippen LogP contribution in [0.15, 0.2) is 140 Å². The number of rotatable bonds is 13. The first-order valence-electron chi connectivity index (χ1n) is 15.6. The molecule has 0 aromatic heterocycles. The monoisotopic (exact) mass is 641 g/mol. The van der Waals surface area contributed by atoms with E-state index in [0.717, 1.165) is 38.9 Å². The Hall–Kier alpha value is -5.77. The SMILES string of the molecule is O=C(CONC(c1ccccc1)(c1ccccc1)c1ccccc1)NC[C@H](NC(=O)OCC1c2ccccc2-c2ccccc21)C(=O)O. The number of hydrogen-bond acceptors (Lipinski definition) is 6. The third kappa shape index (κ3) is 6.83. The van der Waals surface area contributed by atoms with Crippen molar-refractivity contribution in [1.82, 2.24) is 16.1 Å². The second-order valence-electron chi connectivity index (χ2n) is 11.4. The van der Waals surface area contributed by atoms with Crippen molar-refractivity contribution in [3.8, 4) is 11.1 Å². The number of carboxylic acid groups (broad SMARTS) is 1. The van der Waals surface area contributed by atoms with Gasteiger partial charge in [-0.15, -0.1) is 0 Å². The number of benzene rings is 5. The van der Waals surface area contributed by atoms with E-state index in [2.05, 4.69) is 16.1 Å². The Morgan fingerprint density at radius 1 is 0.667 bits per heavy atom. The van der Waals surface area contributed by atoms with Gasteiger partial charge in [0.15, 0.2) is 0 Å². The number of amides is 2. The highest BCUT2D eigenvalue weighted by molar-refractivity contribution is 5.83. The molecule has 0 bridgehead atoms. The number of nitrogens with one attached hydrogen (secondary N) is 3. The van der Waals surface area contributed by atoms with E-state index >= 15 is 0 Å². The van der Waals surface area contributed by atoms with Gasteiger partial charge in [-0.25, -0.2) is 9.59 Å². The fourth-order valence-corrected chi connectivity index (χ4v) is 6.20. The van der Waals surface area contributed by atoms with Gasteiger partial charge < -0.3 is 20.5 Å². The molecule has 0 radical (unpaired) electrons. The van der Waals surface area contributed by atoms with E-state index in [-0.39, 0.29) is 19.1 Å². The molecule has 1 aliphatic rings. The number of carbonyl (C=O) groups excluding carboxylic acids is 2. The fourth-order valence-electron chi connectivity index (χ4n) is 6.20. The maximum absolute atomic E-state index is 12.9. The molecule has 242 valence electrons. The molecule has 2 amide bonds. The summed E-state index contributed by atoms with van der Waals surface area (Å²) in [6, 6.07) is 43.6. The van der Waals surface area contributed by atoms with Gasteiger partial charge in [0.1, 0.15) is 24.8 Å². The number of carboxylic acids is 1. The molecule has 1 aliphatic carbocycles. The predicted octanol–water partition coefficient (Wildman–Crippen LogP) is 5.61. The summed E-state index contributed by atoms with van der Waals surface area (Å²) in [5, 5.41) is 14.7. The second kappa shape index (κ2) is 14.8. The van der Waals surface area contributed by atoms with Crippen LogP contribution in [-0.4, -0.2) is 48.9 Å². The molecule has 1 atom stereocenters. The van der Waals surface area contributed by atoms with Crippen LogP contribution in [0.5, 0.6) is 0 Å². The van der Waals surface area contributed by atoms with Crippen LogP contribution in [-0.2, 0) is 24.7 Å². The highest BCUT2D eigenvalue weighted by Gasteiger charge is 2.37. The van der Waals surface area contributed by atoms with Crippen LogP contribution in [0.4, 0.5) is 4.79 Å². The molecular weight excluding hydrogens is 606 g/mol. The van der Waals surface area contributed by atoms with Crippen LogP contribution in [0, 0.1) is 0 Å². The molecule has 0 unspecified atom stereocenters. The summed E-state index contributed by atoms with van der Waals surface area (Å²) in [5.41, 5.74) is 9.10. The Morgan fingerprint density at radius 2 is 1.12 bits per heavy atom. The van der Waals surface area contributed by atoms with Gasteiger partial charge in [-0.3, -0.25) is 9.63 Å². The molecule has 4 N–H and O–H groups in total. The van der Waals surface area contributed by atoms with E-state index in [9.17, 15) is 19.5 Å². The molecule has 6 rings (SSSR count). The molecule has 0 saturated heterocycles. The number of aliphatic carboxylic acids is 1. The van der Waals surface area contributed by atoms with Crippen molar-refractivity contribution in [2.24, 2.45) is 0 Å². The molecule has 0 aliphatic heterocycles. The average molecular weight is 642 g/mol. The standard InChI is InChI=1S/C39H35N3O6/c43-36(26-48-42-39(27-14-4-1-5-15-27,28-16-6-2-7-17-28)29-18-8-3-9-19-29)40-24-35(37(44)45)41-38(46)47-25-34-32-22-12-10-20-30(32)31-21-11-13-23-33(31)34/h1-23,34-35,42H,24-26H2,(H,40,43)(H,41,46)(H,44,45)/t35-/m0/s1. The molecule has 0 fully saturated rings. The first-order chi connectivity index (χ1) is 23.5. The van der Waals surface area contributed by atoms with Gasteiger partial charge in [0.2, 0.25) is 5.91 Å². The van der Waals surface area contributed by atoms with Crippen molar-refractivity contribution in [3.63, 3.8) is 0 Å². The zero-order valence-electron chi connectivity index (χ0n) is 26.0. The minimum absolute atomic E-state index is 0.0318. The lowest BCUT2D eigenvalue weighted by Gasteiger charge is -2.36. The predicted molar refractivity (Wildman–Crippen MR) is 181 cm³/mol. The summed E-state index contributed by atoms with van der Waals surface area (Å²) in [5.74, 6) is -2.07. The zero-order chi connectivity index (χ0) is 33.3. The summed E-state index contributed by atoms with van der Waals surface area (Å²) < 4.78 is 5.49. The summed E-state index contributed by atoms with van der Waals surface area (Å²) in [4.78, 5) is 43.4. The van der Waals surface area contributed by atoms with Crippen molar-refractivity contribution in [3.05, 3.63) is 167 Å². The van der Waals surface area contributed by atoms with E-state index in [4.69, 9.17) is 9.57 Å². The molecule has 5 aromatic rings. The van der Waals surface area contributed by atoms with Crippen LogP contribution in [0.1, 0.15) is 33.7 Å². The summed E-state index contributed by atoms with van der Waals surface area (Å²) in [6.45, 7) is -0.765. The highest BCUT2D eigenvalue weighted by atomic mass is 16.6. The lowest BCUT2D eigenvalue weighted by molar-refractivity contribution is -0.139. The molecule has 9 heteroatoms. The second-order valence-corrected chi connectivity index (χ2v) is 11.4. The maximum atomic E-state index is 12.9. The first-order valence-corrected chi connectivity index (χ1v) is 15.6. The topological polar surface area (TPSA) is 126 Å². The number of fused-ring (bicyclic) bond motifs is 3. The Kier molecular flexibility index (Phi) is 9.90. The van der Waals surface area contributed by atoms with Crippen LogP contribution in [0.25, 0.3) is 11.1 Å². The van der Waals surface area contributed by atoms with E-state index in [0.29, 0.717) is 0 Å². The number of ether oxygens (including phenoxy) is 1. The first kappa shape index (κ1) is 32.2. The Labute approximate surface area is 278 Å². The van der Waals surface area contributed by atoms with E-state index in [1.165, 1.54) is 0 Å². The maximum Gasteiger partial charge on any atom is 0.407 e. The number of alkyl carbamates (subject to hydrolysis) is 1. The van der Waals surface area contributed by atoms with Crippen LogP contribution in [0.3, 0.4) is 0 Å². The number of carbonyl (C=O) groups is 3. The zero-order valence-corrected chi connectivity index (χ0v) is 26.0. The molecule has 9 nitrogen and oxygen atoms in total. The minimum atomic E-state index is -1.42. The van der Waals surface area contributed by atoms with Crippen LogP contribution >= 0.6 is 0 Å². The van der Waals surface area contributed by atoms with Gasteiger partial charge in [-0.1, -0.05) is 140 Å². The van der Waals surface area contributed by atoms with Gasteiger partial charge in [-0.05, 0) is 38.9 Å². The van der Waals surface area contributed by atoms with Gasteiger partial charge in [-0.2, -0.15) is 5.48 Å². The normalized spacial score (nSPS) is 12.8. The van der Waals surface area contributed by atoms with Gasteiger partial charge in [0, 0.05) is 12.5 Å². The quantitative estimate of drug-likeness (QED) is 0.0973. The largest absolute Gasteiger partial charge is 0.480 e. The molecule has 5 aromatic carbocycles. The highest BCUT2D eigenvalue weighted by Crippen LogP contribution is 2.44. The van der Waals surface area contributed by atoms with Crippen molar-refractivity contribution in [2.75, 3.05) is 19.8 Å². The third-order valence-corrected chi connectivity index (χ3v) is 8.49. The summed E-state index contributed by atoms with van der Waals surface area (Å²) in [6.07, 6.45) is -0.894. The van der Waals surface area contributed by atoms with Crippen molar-refractivity contribution >= 4 is 18.0 Å². The van der Waals surface area contributed by atoms with Crippen molar-refractivity contribution in [1.29, 1.82) is 0 Å². The Bertz CT molecular complexity index is 1730.